The second-order valence-electron chi connectivity index (χ2n) is 9.15. The molecule has 0 saturated heterocycles. The Balaban J connectivity index is 1.98. The van der Waals surface area contributed by atoms with E-state index in [0.29, 0.717) is 36.0 Å². The van der Waals surface area contributed by atoms with Gasteiger partial charge in [-0.05, 0) is 63.4 Å². The predicted octanol–water partition coefficient (Wildman–Crippen LogP) is 4.60. The molecule has 1 N–H and O–H groups in total. The Morgan fingerprint density at radius 3 is 2.56 bits per heavy atom. The van der Waals surface area contributed by atoms with E-state index < -0.39 is 15.4 Å². The van der Waals surface area contributed by atoms with Crippen LogP contribution in [0.2, 0.25) is 0 Å². The number of fused-ring (bicyclic) bond motifs is 1. The molecule has 0 atom stereocenters. The summed E-state index contributed by atoms with van der Waals surface area (Å²) < 4.78 is 40.4. The largest absolute Gasteiger partial charge is 0.492 e. The summed E-state index contributed by atoms with van der Waals surface area (Å²) >= 11 is 0. The number of aryl methyl sites for hydroxylation is 1. The van der Waals surface area contributed by atoms with Gasteiger partial charge in [-0.15, -0.1) is 0 Å². The third kappa shape index (κ3) is 5.01. The van der Waals surface area contributed by atoms with Crippen LogP contribution in [0.15, 0.2) is 41.3 Å². The minimum Gasteiger partial charge on any atom is -0.492 e. The number of hydrogen-bond donors (Lipinski definition) is 1. The highest BCUT2D eigenvalue weighted by molar-refractivity contribution is 7.92. The second-order valence-corrected chi connectivity index (χ2v) is 10.8. The number of amides is 1. The number of rotatable bonds is 7. The van der Waals surface area contributed by atoms with Crippen LogP contribution < -0.4 is 19.1 Å². The Morgan fingerprint density at radius 1 is 1.19 bits per heavy atom. The molecule has 0 unspecified atom stereocenters. The Bertz CT molecular complexity index is 1110. The van der Waals surface area contributed by atoms with Crippen molar-refractivity contribution in [1.29, 1.82) is 0 Å². The zero-order valence-corrected chi connectivity index (χ0v) is 20.4. The van der Waals surface area contributed by atoms with Crippen LogP contribution in [0.1, 0.15) is 40.2 Å². The van der Waals surface area contributed by atoms with E-state index in [9.17, 15) is 13.2 Å². The number of nitrogens with one attached hydrogen (secondary N) is 1. The van der Waals surface area contributed by atoms with E-state index in [2.05, 4.69) is 4.72 Å². The molecule has 0 aliphatic carbocycles. The number of nitrogens with zero attached hydrogens (tertiary/aromatic N) is 1. The van der Waals surface area contributed by atoms with Gasteiger partial charge in [-0.3, -0.25) is 9.52 Å². The molecule has 0 aromatic heterocycles. The van der Waals surface area contributed by atoms with E-state index in [0.717, 1.165) is 5.56 Å². The minimum absolute atomic E-state index is 0.0144. The maximum absolute atomic E-state index is 13.2. The molecule has 0 spiro atoms. The molecule has 1 amide bonds. The van der Waals surface area contributed by atoms with Gasteiger partial charge in [0.05, 0.1) is 23.4 Å². The molecular weight excluding hydrogens is 428 g/mol. The first-order valence-corrected chi connectivity index (χ1v) is 12.3. The average molecular weight is 461 g/mol. The van der Waals surface area contributed by atoms with Crippen molar-refractivity contribution in [3.63, 3.8) is 0 Å². The fourth-order valence-corrected chi connectivity index (χ4v) is 4.85. The molecule has 32 heavy (non-hydrogen) atoms. The molecule has 8 heteroatoms. The SMILES string of the molecule is CCOc1ccc(C)cc1S(=O)(=O)Nc1ccc2c(c1)OCC(C)(C)C(=O)N2CC(C)C. The molecular formula is C24H32N2O5S. The topological polar surface area (TPSA) is 84.9 Å². The van der Waals surface area contributed by atoms with E-state index in [4.69, 9.17) is 9.47 Å². The molecule has 3 rings (SSSR count). The maximum Gasteiger partial charge on any atom is 0.265 e. The summed E-state index contributed by atoms with van der Waals surface area (Å²) in [6, 6.07) is 10.1. The summed E-state index contributed by atoms with van der Waals surface area (Å²) in [6.45, 7) is 12.5. The van der Waals surface area contributed by atoms with Crippen molar-refractivity contribution in [2.24, 2.45) is 11.3 Å². The fourth-order valence-electron chi connectivity index (χ4n) is 3.57. The van der Waals surface area contributed by atoms with E-state index >= 15 is 0 Å². The average Bonchev–Trinajstić information content (AvgIpc) is 2.79. The number of hydrogen-bond acceptors (Lipinski definition) is 5. The van der Waals surface area contributed by atoms with Crippen LogP contribution in [-0.2, 0) is 14.8 Å². The number of sulfonamides is 1. The van der Waals surface area contributed by atoms with Gasteiger partial charge in [0.15, 0.2) is 0 Å². The van der Waals surface area contributed by atoms with Gasteiger partial charge in [0, 0.05) is 12.6 Å². The summed E-state index contributed by atoms with van der Waals surface area (Å²) in [6.07, 6.45) is 0. The first-order valence-electron chi connectivity index (χ1n) is 10.8. The van der Waals surface area contributed by atoms with E-state index in [-0.39, 0.29) is 23.3 Å². The molecule has 2 aromatic rings. The fraction of sp³-hybridized carbons (Fsp3) is 0.458. The highest BCUT2D eigenvalue weighted by Crippen LogP contribution is 2.39. The molecule has 7 nitrogen and oxygen atoms in total. The first-order chi connectivity index (χ1) is 14.9. The number of carbonyl (C=O) groups excluding carboxylic acids is 1. The van der Waals surface area contributed by atoms with Crippen molar-refractivity contribution in [2.75, 3.05) is 29.4 Å². The third-order valence-electron chi connectivity index (χ3n) is 5.15. The molecule has 0 radical (unpaired) electrons. The van der Waals surface area contributed by atoms with Gasteiger partial charge in [0.25, 0.3) is 10.0 Å². The molecule has 1 heterocycles. The minimum atomic E-state index is -3.90. The van der Waals surface area contributed by atoms with Gasteiger partial charge in [0.2, 0.25) is 5.91 Å². The Labute approximate surface area is 190 Å². The van der Waals surface area contributed by atoms with Crippen LogP contribution in [0.4, 0.5) is 11.4 Å². The van der Waals surface area contributed by atoms with Gasteiger partial charge in [-0.2, -0.15) is 0 Å². The molecule has 0 saturated carbocycles. The molecule has 174 valence electrons. The quantitative estimate of drug-likeness (QED) is 0.653. The van der Waals surface area contributed by atoms with Gasteiger partial charge < -0.3 is 14.4 Å². The summed E-state index contributed by atoms with van der Waals surface area (Å²) in [5.41, 5.74) is 1.11. The number of carbonyl (C=O) groups is 1. The molecule has 1 aliphatic rings. The van der Waals surface area contributed by atoms with Crippen molar-refractivity contribution < 1.29 is 22.7 Å². The standard InChI is InChI=1S/C24H32N2O5S/c1-7-30-20-11-8-17(4)12-22(20)32(28,29)25-18-9-10-19-21(13-18)31-15-24(5,6)23(27)26(19)14-16(2)3/h8-13,16,25H,7,14-15H2,1-6H3. The van der Waals surface area contributed by atoms with Crippen molar-refractivity contribution in [3.8, 4) is 11.5 Å². The van der Waals surface area contributed by atoms with Crippen LogP contribution in [-0.4, -0.2) is 34.1 Å². The summed E-state index contributed by atoms with van der Waals surface area (Å²) in [4.78, 5) is 14.9. The zero-order valence-electron chi connectivity index (χ0n) is 19.6. The molecule has 1 aliphatic heterocycles. The molecule has 0 fully saturated rings. The lowest BCUT2D eigenvalue weighted by atomic mass is 9.92. The van der Waals surface area contributed by atoms with Crippen molar-refractivity contribution in [1.82, 2.24) is 0 Å². The highest BCUT2D eigenvalue weighted by Gasteiger charge is 2.38. The van der Waals surface area contributed by atoms with Crippen molar-refractivity contribution in [3.05, 3.63) is 42.0 Å². The highest BCUT2D eigenvalue weighted by atomic mass is 32.2. The number of ether oxygens (including phenoxy) is 2. The zero-order chi connectivity index (χ0) is 23.7. The van der Waals surface area contributed by atoms with Gasteiger partial charge in [0.1, 0.15) is 23.0 Å². The Kier molecular flexibility index (Phi) is 6.74. The van der Waals surface area contributed by atoms with Gasteiger partial charge >= 0.3 is 0 Å². The van der Waals surface area contributed by atoms with Crippen molar-refractivity contribution >= 4 is 27.3 Å². The van der Waals surface area contributed by atoms with Gasteiger partial charge in [-0.1, -0.05) is 19.9 Å². The Morgan fingerprint density at radius 2 is 1.91 bits per heavy atom. The summed E-state index contributed by atoms with van der Waals surface area (Å²) in [5.74, 6) is 1.02. The van der Waals surface area contributed by atoms with Crippen LogP contribution >= 0.6 is 0 Å². The van der Waals surface area contributed by atoms with Crippen LogP contribution in [0.25, 0.3) is 0 Å². The van der Waals surface area contributed by atoms with Gasteiger partial charge in [-0.25, -0.2) is 8.42 Å². The second kappa shape index (κ2) is 9.02. The van der Waals surface area contributed by atoms with Crippen LogP contribution in [0, 0.1) is 18.3 Å². The predicted molar refractivity (Wildman–Crippen MR) is 126 cm³/mol. The summed E-state index contributed by atoms with van der Waals surface area (Å²) in [7, 11) is -3.90. The normalized spacial score (nSPS) is 15.7. The van der Waals surface area contributed by atoms with Crippen LogP contribution in [0.5, 0.6) is 11.5 Å². The molecule has 2 aromatic carbocycles. The first kappa shape index (κ1) is 23.9. The molecule has 0 bridgehead atoms. The lowest BCUT2D eigenvalue weighted by Crippen LogP contribution is -2.43. The van der Waals surface area contributed by atoms with Crippen molar-refractivity contribution in [2.45, 2.75) is 46.4 Å². The Hall–Kier alpha value is -2.74. The number of anilines is 2. The smallest absolute Gasteiger partial charge is 0.265 e. The lowest BCUT2D eigenvalue weighted by Gasteiger charge is -2.29. The van der Waals surface area contributed by atoms with Crippen LogP contribution in [0.3, 0.4) is 0 Å². The van der Waals surface area contributed by atoms with E-state index in [1.54, 1.807) is 42.2 Å². The maximum atomic E-state index is 13.2. The number of benzene rings is 2. The monoisotopic (exact) mass is 460 g/mol. The van der Waals surface area contributed by atoms with E-state index in [1.807, 2.05) is 40.7 Å². The van der Waals surface area contributed by atoms with E-state index in [1.165, 1.54) is 0 Å². The summed E-state index contributed by atoms with van der Waals surface area (Å²) in [5, 5.41) is 0. The third-order valence-corrected chi connectivity index (χ3v) is 6.55. The lowest BCUT2D eigenvalue weighted by molar-refractivity contribution is -0.127.